The first-order valence-corrected chi connectivity index (χ1v) is 10.3. The molecule has 2 aromatic carbocycles. The lowest BCUT2D eigenvalue weighted by Gasteiger charge is -2.29. The molecule has 3 amide bonds. The van der Waals surface area contributed by atoms with E-state index in [1.54, 1.807) is 0 Å². The number of nitrogens with zero attached hydrogens (tertiary/aromatic N) is 2. The lowest BCUT2D eigenvalue weighted by molar-refractivity contribution is -0.384. The molecule has 1 saturated carbocycles. The van der Waals surface area contributed by atoms with E-state index in [4.69, 9.17) is 4.74 Å². The van der Waals surface area contributed by atoms with E-state index in [9.17, 15) is 24.5 Å². The summed E-state index contributed by atoms with van der Waals surface area (Å²) in [6.45, 7) is -0.675. The summed E-state index contributed by atoms with van der Waals surface area (Å²) < 4.78 is 5.32. The second-order valence-electron chi connectivity index (χ2n) is 7.77. The molecule has 0 spiro atoms. The van der Waals surface area contributed by atoms with E-state index in [-0.39, 0.29) is 35.7 Å². The summed E-state index contributed by atoms with van der Waals surface area (Å²) in [5, 5.41) is 16.7. The SMILES string of the molecule is O=C(CN1C(=O)COc2ccc([N+](=O)[O-])cc21)NC(Cc1ccccc1)C(=O)NC1CC1. The predicted molar refractivity (Wildman–Crippen MR) is 114 cm³/mol. The van der Waals surface area contributed by atoms with Crippen molar-refractivity contribution >= 4 is 29.1 Å². The Morgan fingerprint density at radius 2 is 1.94 bits per heavy atom. The van der Waals surface area contributed by atoms with Gasteiger partial charge >= 0.3 is 0 Å². The molecule has 10 nitrogen and oxygen atoms in total. The minimum Gasteiger partial charge on any atom is -0.482 e. The number of fused-ring (bicyclic) bond motifs is 1. The second kappa shape index (κ2) is 9.04. The number of hydrogen-bond acceptors (Lipinski definition) is 6. The van der Waals surface area contributed by atoms with E-state index in [2.05, 4.69) is 10.6 Å². The van der Waals surface area contributed by atoms with Gasteiger partial charge in [-0.05, 0) is 24.5 Å². The average Bonchev–Trinajstić information content (AvgIpc) is 3.59. The molecule has 1 aliphatic heterocycles. The smallest absolute Gasteiger partial charge is 0.271 e. The molecule has 0 aromatic heterocycles. The summed E-state index contributed by atoms with van der Waals surface area (Å²) in [4.78, 5) is 49.6. The van der Waals surface area contributed by atoms with Crippen LogP contribution in [0.15, 0.2) is 48.5 Å². The number of amides is 3. The van der Waals surface area contributed by atoms with E-state index in [1.807, 2.05) is 30.3 Å². The molecule has 1 aliphatic carbocycles. The van der Waals surface area contributed by atoms with Gasteiger partial charge in [-0.25, -0.2) is 0 Å². The third kappa shape index (κ3) is 5.02. The Labute approximate surface area is 183 Å². The number of carbonyl (C=O) groups is 3. The summed E-state index contributed by atoms with van der Waals surface area (Å²) in [6.07, 6.45) is 2.12. The van der Waals surface area contributed by atoms with Crippen LogP contribution in [-0.2, 0) is 20.8 Å². The zero-order chi connectivity index (χ0) is 22.7. The van der Waals surface area contributed by atoms with Gasteiger partial charge in [0.2, 0.25) is 11.8 Å². The number of nitro groups is 1. The molecule has 1 atom stereocenters. The Kier molecular flexibility index (Phi) is 6.02. The molecule has 0 saturated heterocycles. The number of rotatable bonds is 8. The van der Waals surface area contributed by atoms with Gasteiger partial charge in [-0.3, -0.25) is 29.4 Å². The van der Waals surface area contributed by atoms with Crippen LogP contribution in [-0.4, -0.2) is 47.9 Å². The normalized spacial score (nSPS) is 15.9. The Hall–Kier alpha value is -3.95. The highest BCUT2D eigenvalue weighted by Crippen LogP contribution is 2.35. The van der Waals surface area contributed by atoms with E-state index >= 15 is 0 Å². The second-order valence-corrected chi connectivity index (χ2v) is 7.77. The molecule has 10 heteroatoms. The van der Waals surface area contributed by atoms with Crippen LogP contribution in [0, 0.1) is 10.1 Å². The van der Waals surface area contributed by atoms with Gasteiger partial charge in [-0.15, -0.1) is 0 Å². The van der Waals surface area contributed by atoms with Gasteiger partial charge in [0, 0.05) is 24.6 Å². The summed E-state index contributed by atoms with van der Waals surface area (Å²) in [5.74, 6) is -1.07. The fourth-order valence-electron chi connectivity index (χ4n) is 3.45. The van der Waals surface area contributed by atoms with Crippen molar-refractivity contribution in [2.45, 2.75) is 31.3 Å². The van der Waals surface area contributed by atoms with Crippen molar-refractivity contribution in [3.05, 3.63) is 64.2 Å². The monoisotopic (exact) mass is 438 g/mol. The van der Waals surface area contributed by atoms with Crippen LogP contribution in [0.3, 0.4) is 0 Å². The average molecular weight is 438 g/mol. The number of non-ortho nitro benzene ring substituents is 1. The Balaban J connectivity index is 1.50. The summed E-state index contributed by atoms with van der Waals surface area (Å²) >= 11 is 0. The number of nitro benzene ring substituents is 1. The van der Waals surface area contributed by atoms with E-state index < -0.39 is 29.3 Å². The molecular weight excluding hydrogens is 416 g/mol. The Bertz CT molecular complexity index is 1050. The number of benzene rings is 2. The first-order valence-electron chi connectivity index (χ1n) is 10.3. The molecule has 166 valence electrons. The maximum atomic E-state index is 12.8. The maximum absolute atomic E-state index is 12.8. The Morgan fingerprint density at radius 1 is 1.19 bits per heavy atom. The Morgan fingerprint density at radius 3 is 2.62 bits per heavy atom. The first-order chi connectivity index (χ1) is 15.4. The van der Waals surface area contributed by atoms with Gasteiger partial charge in [-0.1, -0.05) is 30.3 Å². The number of anilines is 1. The molecule has 2 N–H and O–H groups in total. The van der Waals surface area contributed by atoms with Crippen LogP contribution in [0.4, 0.5) is 11.4 Å². The van der Waals surface area contributed by atoms with Crippen LogP contribution >= 0.6 is 0 Å². The highest BCUT2D eigenvalue weighted by molar-refractivity contribution is 6.03. The lowest BCUT2D eigenvalue weighted by Crippen LogP contribution is -2.52. The van der Waals surface area contributed by atoms with Gasteiger partial charge in [0.25, 0.3) is 11.6 Å². The standard InChI is InChI=1S/C22H22N4O6/c27-20(12-25-18-11-16(26(30)31)8-9-19(18)32-13-21(25)28)24-17(22(29)23-15-6-7-15)10-14-4-2-1-3-5-14/h1-5,8-9,11,15,17H,6-7,10,12-13H2,(H,23,29)(H,24,27). The topological polar surface area (TPSA) is 131 Å². The maximum Gasteiger partial charge on any atom is 0.271 e. The van der Waals surface area contributed by atoms with Crippen molar-refractivity contribution in [1.29, 1.82) is 0 Å². The fraction of sp³-hybridized carbons (Fsp3) is 0.318. The molecule has 0 bridgehead atoms. The predicted octanol–water partition coefficient (Wildman–Crippen LogP) is 1.33. The van der Waals surface area contributed by atoms with Gasteiger partial charge in [0.05, 0.1) is 10.6 Å². The quantitative estimate of drug-likeness (QED) is 0.472. The van der Waals surface area contributed by atoms with Crippen molar-refractivity contribution in [1.82, 2.24) is 10.6 Å². The van der Waals surface area contributed by atoms with E-state index in [0.29, 0.717) is 6.42 Å². The number of hydrogen-bond donors (Lipinski definition) is 2. The van der Waals surface area contributed by atoms with Gasteiger partial charge in [-0.2, -0.15) is 0 Å². The van der Waals surface area contributed by atoms with E-state index in [0.717, 1.165) is 23.3 Å². The van der Waals surface area contributed by atoms with Gasteiger partial charge in [0.1, 0.15) is 18.3 Å². The van der Waals surface area contributed by atoms with Crippen LogP contribution in [0.1, 0.15) is 18.4 Å². The van der Waals surface area contributed by atoms with Gasteiger partial charge < -0.3 is 15.4 Å². The van der Waals surface area contributed by atoms with E-state index in [1.165, 1.54) is 18.2 Å². The minimum atomic E-state index is -0.814. The molecule has 4 rings (SSSR count). The van der Waals surface area contributed by atoms with Crippen LogP contribution < -0.4 is 20.3 Å². The third-order valence-corrected chi connectivity index (χ3v) is 5.26. The van der Waals surface area contributed by atoms with Crippen molar-refractivity contribution in [2.24, 2.45) is 0 Å². The van der Waals surface area contributed by atoms with Crippen molar-refractivity contribution < 1.29 is 24.0 Å². The summed E-state index contributed by atoms with van der Waals surface area (Å²) in [6, 6.07) is 12.5. The zero-order valence-electron chi connectivity index (χ0n) is 17.2. The summed E-state index contributed by atoms with van der Waals surface area (Å²) in [5.41, 5.74) is 0.804. The van der Waals surface area contributed by atoms with Crippen molar-refractivity contribution in [2.75, 3.05) is 18.1 Å². The van der Waals surface area contributed by atoms with Crippen LogP contribution in [0.2, 0.25) is 0 Å². The molecule has 1 unspecified atom stereocenters. The van der Waals surface area contributed by atoms with Crippen LogP contribution in [0.25, 0.3) is 0 Å². The van der Waals surface area contributed by atoms with Crippen molar-refractivity contribution in [3.63, 3.8) is 0 Å². The molecule has 1 fully saturated rings. The zero-order valence-corrected chi connectivity index (χ0v) is 17.2. The van der Waals surface area contributed by atoms with Gasteiger partial charge in [0.15, 0.2) is 6.61 Å². The fourth-order valence-corrected chi connectivity index (χ4v) is 3.45. The molecular formula is C22H22N4O6. The first kappa shape index (κ1) is 21.3. The minimum absolute atomic E-state index is 0.130. The largest absolute Gasteiger partial charge is 0.482 e. The number of ether oxygens (including phenoxy) is 1. The lowest BCUT2D eigenvalue weighted by atomic mass is 10.1. The summed E-state index contributed by atoms with van der Waals surface area (Å²) in [7, 11) is 0. The van der Waals surface area contributed by atoms with Crippen molar-refractivity contribution in [3.8, 4) is 5.75 Å². The molecule has 2 aliphatic rings. The highest BCUT2D eigenvalue weighted by Gasteiger charge is 2.32. The number of carbonyl (C=O) groups excluding carboxylic acids is 3. The number of nitrogens with one attached hydrogen (secondary N) is 2. The molecule has 2 aromatic rings. The molecule has 0 radical (unpaired) electrons. The molecule has 1 heterocycles. The van der Waals surface area contributed by atoms with Crippen LogP contribution in [0.5, 0.6) is 5.75 Å². The highest BCUT2D eigenvalue weighted by atomic mass is 16.6. The molecule has 32 heavy (non-hydrogen) atoms. The third-order valence-electron chi connectivity index (χ3n) is 5.26.